The molecule has 0 aliphatic rings. The summed E-state index contributed by atoms with van der Waals surface area (Å²) in [7, 11) is 1.68. The zero-order chi connectivity index (χ0) is 28.5. The van der Waals surface area contributed by atoms with Gasteiger partial charge < -0.3 is 19.1 Å². The minimum Gasteiger partial charge on any atom is -0.497 e. The van der Waals surface area contributed by atoms with Crippen LogP contribution in [0.1, 0.15) is 110 Å². The Balaban J connectivity index is 2.09. The van der Waals surface area contributed by atoms with Gasteiger partial charge in [0.05, 0.1) is 20.2 Å². The monoisotopic (exact) mass is 539 g/mol. The van der Waals surface area contributed by atoms with Gasteiger partial charge >= 0.3 is 0 Å². The maximum Gasteiger partial charge on any atom is 0.242 e. The van der Waals surface area contributed by atoms with E-state index in [0.29, 0.717) is 26.1 Å². The molecule has 0 saturated heterocycles. The minimum absolute atomic E-state index is 0.0336. The lowest BCUT2D eigenvalue weighted by Crippen LogP contribution is -2.46. The largest absolute Gasteiger partial charge is 0.497 e. The third-order valence-electron chi connectivity index (χ3n) is 7.64. The van der Waals surface area contributed by atoms with E-state index < -0.39 is 0 Å². The Labute approximate surface area is 237 Å². The molecule has 6 nitrogen and oxygen atoms in total. The van der Waals surface area contributed by atoms with Gasteiger partial charge in [-0.25, -0.2) is 0 Å². The van der Waals surface area contributed by atoms with Gasteiger partial charge in [0.1, 0.15) is 5.75 Å². The van der Waals surface area contributed by atoms with Crippen molar-refractivity contribution >= 4 is 11.8 Å². The molecular formula is C33H53N3O3. The molecule has 1 aromatic heterocycles. The lowest BCUT2D eigenvalue weighted by molar-refractivity contribution is -0.142. The molecule has 2 rings (SSSR count). The first-order chi connectivity index (χ1) is 18.9. The quantitative estimate of drug-likeness (QED) is 0.164. The number of rotatable bonds is 20. The highest BCUT2D eigenvalue weighted by atomic mass is 16.5. The van der Waals surface area contributed by atoms with Crippen molar-refractivity contribution in [2.75, 3.05) is 20.2 Å². The Morgan fingerprint density at radius 1 is 0.897 bits per heavy atom. The molecule has 0 N–H and O–H groups in total. The van der Waals surface area contributed by atoms with E-state index in [4.69, 9.17) is 4.74 Å². The fourth-order valence-electron chi connectivity index (χ4n) is 4.91. The maximum atomic E-state index is 13.7. The molecule has 1 heterocycles. The van der Waals surface area contributed by atoms with Gasteiger partial charge in [-0.1, -0.05) is 77.8 Å². The van der Waals surface area contributed by atoms with E-state index in [1.807, 2.05) is 34.1 Å². The van der Waals surface area contributed by atoms with Crippen molar-refractivity contribution in [2.45, 2.75) is 117 Å². The molecule has 0 bridgehead atoms. The van der Waals surface area contributed by atoms with E-state index in [9.17, 15) is 9.59 Å². The average molecular weight is 540 g/mol. The molecule has 0 fully saturated rings. The standard InChI is InChI=1S/C33H53N3O3/c1-6-9-11-12-13-14-21-32(37)35(22-15-10-7-2)27-33(38)36(28(4)8-3)26-30-19-17-23-34(30)25-29-18-16-20-31(24-29)39-5/h16-20,23-24,28H,6-15,21-22,25-27H2,1-5H3. The number of aromatic nitrogens is 1. The maximum absolute atomic E-state index is 13.7. The van der Waals surface area contributed by atoms with Crippen molar-refractivity contribution < 1.29 is 14.3 Å². The Morgan fingerprint density at radius 3 is 2.33 bits per heavy atom. The lowest BCUT2D eigenvalue weighted by atomic mass is 10.1. The van der Waals surface area contributed by atoms with Crippen LogP contribution < -0.4 is 4.74 Å². The first-order valence-corrected chi connectivity index (χ1v) is 15.3. The minimum atomic E-state index is 0.0336. The van der Waals surface area contributed by atoms with E-state index >= 15 is 0 Å². The topological polar surface area (TPSA) is 54.8 Å². The van der Waals surface area contributed by atoms with E-state index in [-0.39, 0.29) is 24.4 Å². The average Bonchev–Trinajstić information content (AvgIpc) is 3.38. The zero-order valence-electron chi connectivity index (χ0n) is 25.3. The Morgan fingerprint density at radius 2 is 1.62 bits per heavy atom. The van der Waals surface area contributed by atoms with Crippen LogP contribution in [0.2, 0.25) is 0 Å². The molecule has 0 saturated carbocycles. The third kappa shape index (κ3) is 11.5. The molecule has 1 atom stereocenters. The van der Waals surface area contributed by atoms with Gasteiger partial charge in [0.25, 0.3) is 0 Å². The van der Waals surface area contributed by atoms with Crippen LogP contribution in [0.15, 0.2) is 42.6 Å². The SMILES string of the molecule is CCCCCCCCC(=O)N(CCCCC)CC(=O)N(Cc1cccn1Cc1cccc(OC)c1)C(C)CC. The highest BCUT2D eigenvalue weighted by Crippen LogP contribution is 2.18. The number of carbonyl (C=O) groups excluding carboxylic acids is 2. The number of hydrogen-bond acceptors (Lipinski definition) is 3. The first kappa shape index (κ1) is 32.5. The fourth-order valence-corrected chi connectivity index (χ4v) is 4.91. The van der Waals surface area contributed by atoms with Crippen LogP contribution in [0.4, 0.5) is 0 Å². The second kappa shape index (κ2) is 18.5. The molecular weight excluding hydrogens is 486 g/mol. The van der Waals surface area contributed by atoms with E-state index in [0.717, 1.165) is 55.5 Å². The highest BCUT2D eigenvalue weighted by molar-refractivity contribution is 5.85. The van der Waals surface area contributed by atoms with Gasteiger partial charge in [-0.15, -0.1) is 0 Å². The third-order valence-corrected chi connectivity index (χ3v) is 7.64. The molecule has 0 spiro atoms. The van der Waals surface area contributed by atoms with Crippen molar-refractivity contribution in [3.63, 3.8) is 0 Å². The van der Waals surface area contributed by atoms with Gasteiger partial charge in [-0.2, -0.15) is 0 Å². The van der Waals surface area contributed by atoms with Crippen molar-refractivity contribution in [2.24, 2.45) is 0 Å². The van der Waals surface area contributed by atoms with Crippen molar-refractivity contribution in [1.82, 2.24) is 14.4 Å². The number of amides is 2. The van der Waals surface area contributed by atoms with Crippen LogP contribution in [0.3, 0.4) is 0 Å². The summed E-state index contributed by atoms with van der Waals surface area (Å²) in [6.07, 6.45) is 13.5. The Kier molecular flexibility index (Phi) is 15.4. The van der Waals surface area contributed by atoms with Crippen molar-refractivity contribution in [1.29, 1.82) is 0 Å². The van der Waals surface area contributed by atoms with E-state index in [1.165, 1.54) is 25.7 Å². The molecule has 6 heteroatoms. The predicted molar refractivity (Wildman–Crippen MR) is 161 cm³/mol. The second-order valence-electron chi connectivity index (χ2n) is 10.8. The number of nitrogens with zero attached hydrogens (tertiary/aromatic N) is 3. The summed E-state index contributed by atoms with van der Waals surface area (Å²) in [6, 6.07) is 12.3. The zero-order valence-corrected chi connectivity index (χ0v) is 25.3. The van der Waals surface area contributed by atoms with Crippen LogP contribution in [0.25, 0.3) is 0 Å². The molecule has 2 amide bonds. The van der Waals surface area contributed by atoms with Crippen LogP contribution >= 0.6 is 0 Å². The normalized spacial score (nSPS) is 11.8. The van der Waals surface area contributed by atoms with Gasteiger partial charge in [-0.05, 0) is 56.0 Å². The van der Waals surface area contributed by atoms with E-state index in [2.05, 4.69) is 50.6 Å². The summed E-state index contributed by atoms with van der Waals surface area (Å²) in [5, 5.41) is 0. The van der Waals surface area contributed by atoms with Crippen LogP contribution in [-0.2, 0) is 22.7 Å². The van der Waals surface area contributed by atoms with Crippen LogP contribution in [-0.4, -0.2) is 52.4 Å². The number of carbonyl (C=O) groups is 2. The number of ether oxygens (including phenoxy) is 1. The summed E-state index contributed by atoms with van der Waals surface area (Å²) in [5.74, 6) is 0.998. The van der Waals surface area contributed by atoms with Gasteiger partial charge in [-0.3, -0.25) is 9.59 Å². The lowest BCUT2D eigenvalue weighted by Gasteiger charge is -2.32. The summed E-state index contributed by atoms with van der Waals surface area (Å²) in [6.45, 7) is 10.7. The predicted octanol–water partition coefficient (Wildman–Crippen LogP) is 7.44. The van der Waals surface area contributed by atoms with Crippen LogP contribution in [0, 0.1) is 0 Å². The molecule has 0 radical (unpaired) electrons. The van der Waals surface area contributed by atoms with E-state index in [1.54, 1.807) is 7.11 Å². The molecule has 218 valence electrons. The summed E-state index contributed by atoms with van der Waals surface area (Å²) >= 11 is 0. The molecule has 1 unspecified atom stereocenters. The fraction of sp³-hybridized carbons (Fsp3) is 0.636. The summed E-state index contributed by atoms with van der Waals surface area (Å²) in [5.41, 5.74) is 2.23. The van der Waals surface area contributed by atoms with Gasteiger partial charge in [0, 0.05) is 37.4 Å². The summed E-state index contributed by atoms with van der Waals surface area (Å²) < 4.78 is 7.58. The number of unbranched alkanes of at least 4 members (excludes halogenated alkanes) is 7. The Bertz CT molecular complexity index is 971. The summed E-state index contributed by atoms with van der Waals surface area (Å²) in [4.78, 5) is 30.7. The Hall–Kier alpha value is -2.76. The van der Waals surface area contributed by atoms with Crippen molar-refractivity contribution in [3.05, 3.63) is 53.9 Å². The molecule has 0 aliphatic carbocycles. The van der Waals surface area contributed by atoms with Gasteiger partial charge in [0.2, 0.25) is 11.8 Å². The number of benzene rings is 1. The molecule has 0 aliphatic heterocycles. The highest BCUT2D eigenvalue weighted by Gasteiger charge is 2.24. The second-order valence-corrected chi connectivity index (χ2v) is 10.8. The molecule has 39 heavy (non-hydrogen) atoms. The van der Waals surface area contributed by atoms with Crippen LogP contribution in [0.5, 0.6) is 5.75 Å². The molecule has 1 aromatic carbocycles. The number of hydrogen-bond donors (Lipinski definition) is 0. The first-order valence-electron chi connectivity index (χ1n) is 15.3. The molecule has 2 aromatic rings. The number of methoxy groups -OCH3 is 1. The van der Waals surface area contributed by atoms with Gasteiger partial charge in [0.15, 0.2) is 0 Å². The van der Waals surface area contributed by atoms with Crippen molar-refractivity contribution in [3.8, 4) is 5.75 Å². The smallest absolute Gasteiger partial charge is 0.242 e.